The summed E-state index contributed by atoms with van der Waals surface area (Å²) >= 11 is 2.69. The number of thioether (sulfide) groups is 1. The molecule has 3 heterocycles. The number of carbonyl (C=O) groups excluding carboxylic acids is 1. The maximum absolute atomic E-state index is 13.4. The Bertz CT molecular complexity index is 1490. The van der Waals surface area contributed by atoms with Gasteiger partial charge in [0.05, 0.1) is 23.1 Å². The summed E-state index contributed by atoms with van der Waals surface area (Å²) in [7, 11) is 1.62. The Balaban J connectivity index is 1.55. The van der Waals surface area contributed by atoms with Crippen LogP contribution in [0.15, 0.2) is 63.6 Å². The standard InChI is InChI=1S/C24H20N4O3S2/c1-13-6-4-5-7-17(13)25-21(29)20-14(2)19-22(33-20)26-24-28(23(19)30)27-18(12-32-24)15-8-10-16(31-3)11-9-15/h4-11H,12H2,1-3H3,(H,25,29). The zero-order chi connectivity index (χ0) is 23.1. The summed E-state index contributed by atoms with van der Waals surface area (Å²) in [4.78, 5) is 32.1. The van der Waals surface area contributed by atoms with Gasteiger partial charge in [-0.25, -0.2) is 4.98 Å². The fourth-order valence-electron chi connectivity index (χ4n) is 3.65. The van der Waals surface area contributed by atoms with E-state index in [0.29, 0.717) is 31.6 Å². The molecule has 0 fully saturated rings. The number of aryl methyl sites for hydroxylation is 2. The number of thiophene rings is 1. The molecule has 0 radical (unpaired) electrons. The number of para-hydroxylation sites is 1. The highest BCUT2D eigenvalue weighted by molar-refractivity contribution is 7.99. The van der Waals surface area contributed by atoms with Gasteiger partial charge < -0.3 is 10.1 Å². The molecule has 9 heteroatoms. The van der Waals surface area contributed by atoms with Crippen LogP contribution in [-0.2, 0) is 0 Å². The average Bonchev–Trinajstić information content (AvgIpc) is 3.17. The van der Waals surface area contributed by atoms with Crippen molar-refractivity contribution in [3.05, 3.63) is 80.5 Å². The van der Waals surface area contributed by atoms with E-state index < -0.39 is 0 Å². The lowest BCUT2D eigenvalue weighted by Crippen LogP contribution is -2.25. The lowest BCUT2D eigenvalue weighted by Gasteiger charge is -2.15. The number of carbonyl (C=O) groups is 1. The van der Waals surface area contributed by atoms with Crippen LogP contribution < -0.4 is 15.6 Å². The molecule has 2 aromatic heterocycles. The van der Waals surface area contributed by atoms with E-state index in [4.69, 9.17) is 4.74 Å². The first-order valence-electron chi connectivity index (χ1n) is 10.2. The van der Waals surface area contributed by atoms with E-state index >= 15 is 0 Å². The third-order valence-electron chi connectivity index (χ3n) is 5.49. The molecular weight excluding hydrogens is 456 g/mol. The lowest BCUT2D eigenvalue weighted by molar-refractivity contribution is 0.103. The fraction of sp³-hybridized carbons (Fsp3) is 0.167. The number of nitrogens with one attached hydrogen (secondary N) is 1. The minimum absolute atomic E-state index is 0.248. The Morgan fingerprint density at radius 3 is 2.61 bits per heavy atom. The molecule has 0 saturated heterocycles. The molecule has 2 aromatic carbocycles. The Morgan fingerprint density at radius 1 is 1.12 bits per heavy atom. The summed E-state index contributed by atoms with van der Waals surface area (Å²) in [5.41, 5.74) is 3.76. The predicted octanol–water partition coefficient (Wildman–Crippen LogP) is 4.69. The second-order valence-electron chi connectivity index (χ2n) is 7.58. The smallest absolute Gasteiger partial charge is 0.283 e. The number of amides is 1. The number of aromatic nitrogens is 2. The average molecular weight is 477 g/mol. The number of hydrogen-bond donors (Lipinski definition) is 1. The predicted molar refractivity (Wildman–Crippen MR) is 133 cm³/mol. The SMILES string of the molecule is COc1ccc(C2=Nn3c(nc4sc(C(=O)Nc5ccccc5C)c(C)c4c3=O)SC2)cc1. The number of nitrogens with zero attached hydrogens (tertiary/aromatic N) is 3. The summed E-state index contributed by atoms with van der Waals surface area (Å²) in [6, 6.07) is 15.2. The quantitative estimate of drug-likeness (QED) is 0.432. The van der Waals surface area contributed by atoms with Gasteiger partial charge in [-0.05, 0) is 60.9 Å². The summed E-state index contributed by atoms with van der Waals surface area (Å²) in [5, 5.41) is 8.50. The van der Waals surface area contributed by atoms with Crippen LogP contribution in [0.2, 0.25) is 0 Å². The molecule has 0 unspecified atom stereocenters. The molecule has 0 aliphatic carbocycles. The fourth-order valence-corrected chi connectivity index (χ4v) is 5.67. The Morgan fingerprint density at radius 2 is 1.88 bits per heavy atom. The highest BCUT2D eigenvalue weighted by atomic mass is 32.2. The first-order chi connectivity index (χ1) is 16.0. The molecule has 7 nitrogen and oxygen atoms in total. The molecule has 33 heavy (non-hydrogen) atoms. The van der Waals surface area contributed by atoms with Crippen molar-refractivity contribution in [2.75, 3.05) is 18.2 Å². The van der Waals surface area contributed by atoms with Crippen LogP contribution in [0.3, 0.4) is 0 Å². The number of hydrogen-bond acceptors (Lipinski definition) is 7. The van der Waals surface area contributed by atoms with Crippen molar-refractivity contribution in [1.29, 1.82) is 0 Å². The number of fused-ring (bicyclic) bond motifs is 2. The van der Waals surface area contributed by atoms with Crippen LogP contribution in [0, 0.1) is 13.8 Å². The van der Waals surface area contributed by atoms with Crippen molar-refractivity contribution in [2.24, 2.45) is 5.10 Å². The van der Waals surface area contributed by atoms with E-state index in [1.165, 1.54) is 27.8 Å². The Hall–Kier alpha value is -3.43. The summed E-state index contributed by atoms with van der Waals surface area (Å²) in [6.07, 6.45) is 0. The van der Waals surface area contributed by atoms with E-state index in [1.807, 2.05) is 55.5 Å². The van der Waals surface area contributed by atoms with Crippen LogP contribution >= 0.6 is 23.1 Å². The molecular formula is C24H20N4O3S2. The molecule has 0 atom stereocenters. The van der Waals surface area contributed by atoms with Gasteiger partial charge >= 0.3 is 0 Å². The molecule has 4 aromatic rings. The van der Waals surface area contributed by atoms with Crippen LogP contribution in [0.25, 0.3) is 10.2 Å². The van der Waals surface area contributed by atoms with Gasteiger partial charge in [0, 0.05) is 11.4 Å². The number of anilines is 1. The van der Waals surface area contributed by atoms with Gasteiger partial charge in [-0.15, -0.1) is 11.3 Å². The molecule has 0 spiro atoms. The van der Waals surface area contributed by atoms with Gasteiger partial charge in [-0.1, -0.05) is 30.0 Å². The minimum atomic E-state index is -0.267. The molecule has 5 rings (SSSR count). The summed E-state index contributed by atoms with van der Waals surface area (Å²) in [5.74, 6) is 1.10. The van der Waals surface area contributed by atoms with Gasteiger partial charge in [0.15, 0.2) is 5.16 Å². The minimum Gasteiger partial charge on any atom is -0.497 e. The maximum atomic E-state index is 13.4. The van der Waals surface area contributed by atoms with Crippen molar-refractivity contribution in [2.45, 2.75) is 19.0 Å². The van der Waals surface area contributed by atoms with Crippen LogP contribution in [0.5, 0.6) is 5.75 Å². The van der Waals surface area contributed by atoms with E-state index in [9.17, 15) is 9.59 Å². The number of ether oxygens (including phenoxy) is 1. The van der Waals surface area contributed by atoms with Crippen molar-refractivity contribution in [1.82, 2.24) is 9.66 Å². The van der Waals surface area contributed by atoms with E-state index in [1.54, 1.807) is 14.0 Å². The third kappa shape index (κ3) is 3.83. The highest BCUT2D eigenvalue weighted by Crippen LogP contribution is 2.31. The van der Waals surface area contributed by atoms with Crippen molar-refractivity contribution in [3.63, 3.8) is 0 Å². The first-order valence-corrected chi connectivity index (χ1v) is 12.0. The van der Waals surface area contributed by atoms with Crippen LogP contribution in [0.4, 0.5) is 5.69 Å². The maximum Gasteiger partial charge on any atom is 0.283 e. The van der Waals surface area contributed by atoms with Gasteiger partial charge in [0.2, 0.25) is 0 Å². The summed E-state index contributed by atoms with van der Waals surface area (Å²) in [6.45, 7) is 3.72. The first kappa shape index (κ1) is 21.4. The van der Waals surface area contributed by atoms with E-state index in [2.05, 4.69) is 15.4 Å². The van der Waals surface area contributed by atoms with Crippen molar-refractivity contribution in [3.8, 4) is 5.75 Å². The number of rotatable bonds is 4. The van der Waals surface area contributed by atoms with Crippen LogP contribution in [-0.4, -0.2) is 34.1 Å². The molecule has 0 bridgehead atoms. The Kier molecular flexibility index (Phi) is 5.51. The van der Waals surface area contributed by atoms with Gasteiger partial charge in [-0.2, -0.15) is 9.78 Å². The van der Waals surface area contributed by atoms with E-state index in [-0.39, 0.29) is 11.5 Å². The second kappa shape index (κ2) is 8.49. The molecule has 0 saturated carbocycles. The van der Waals surface area contributed by atoms with Crippen molar-refractivity contribution < 1.29 is 9.53 Å². The molecule has 166 valence electrons. The number of methoxy groups -OCH3 is 1. The second-order valence-corrected chi connectivity index (χ2v) is 9.52. The topological polar surface area (TPSA) is 85.6 Å². The zero-order valence-electron chi connectivity index (χ0n) is 18.2. The molecule has 1 amide bonds. The third-order valence-corrected chi connectivity index (χ3v) is 7.62. The lowest BCUT2D eigenvalue weighted by atomic mass is 10.1. The van der Waals surface area contributed by atoms with Gasteiger partial charge in [-0.3, -0.25) is 9.59 Å². The largest absolute Gasteiger partial charge is 0.497 e. The molecule has 1 aliphatic heterocycles. The van der Waals surface area contributed by atoms with Crippen molar-refractivity contribution >= 4 is 50.6 Å². The molecule has 1 N–H and O–H groups in total. The number of benzene rings is 2. The normalized spacial score (nSPS) is 12.9. The summed E-state index contributed by atoms with van der Waals surface area (Å²) < 4.78 is 6.56. The zero-order valence-corrected chi connectivity index (χ0v) is 19.8. The van der Waals surface area contributed by atoms with Gasteiger partial charge in [0.1, 0.15) is 10.6 Å². The van der Waals surface area contributed by atoms with Gasteiger partial charge in [0.25, 0.3) is 11.5 Å². The van der Waals surface area contributed by atoms with E-state index in [0.717, 1.165) is 28.3 Å². The monoisotopic (exact) mass is 476 g/mol. The van der Waals surface area contributed by atoms with Crippen LogP contribution in [0.1, 0.15) is 26.4 Å². The Labute approximate surface area is 198 Å². The highest BCUT2D eigenvalue weighted by Gasteiger charge is 2.24. The molecule has 1 aliphatic rings.